The summed E-state index contributed by atoms with van der Waals surface area (Å²) in [5, 5.41) is 0. The minimum atomic E-state index is 0.449. The van der Waals surface area contributed by atoms with Crippen molar-refractivity contribution >= 4 is 6.71 Å². The van der Waals surface area contributed by atoms with E-state index in [2.05, 4.69) is 127 Å². The standard InChI is InChI=1S/C41H37B/c1-6-8-10-12-14-16-18-20-24-34-26-22-28-36-38(34)30-32(3)40(36)42(5)41-33(4)31-39-35(27-23-29-37(39)41)25-21-19-17-15-13-11-9-7-2/h1-2,32-41H,22-23,26-31H2,3-5H3/t32-,33-,34?,35?,36?,37?,38?,39?,40?,41?/m1/s1. The Morgan fingerprint density at radius 2 is 0.833 bits per heavy atom. The molecule has 10 atom stereocenters. The van der Waals surface area contributed by atoms with Gasteiger partial charge < -0.3 is 0 Å². The van der Waals surface area contributed by atoms with Crippen LogP contribution in [0.15, 0.2) is 0 Å². The lowest BCUT2D eigenvalue weighted by atomic mass is 9.29. The van der Waals surface area contributed by atoms with Gasteiger partial charge in [-0.25, -0.2) is 0 Å². The molecule has 0 nitrogen and oxygen atoms in total. The first-order chi connectivity index (χ1) is 20.6. The van der Waals surface area contributed by atoms with E-state index in [9.17, 15) is 0 Å². The van der Waals surface area contributed by atoms with Gasteiger partial charge in [0.25, 0.3) is 0 Å². The molecule has 0 aromatic rings. The van der Waals surface area contributed by atoms with E-state index >= 15 is 0 Å². The lowest BCUT2D eigenvalue weighted by Gasteiger charge is -2.41. The number of fused-ring (bicyclic) bond motifs is 2. The normalized spacial score (nSPS) is 32.7. The zero-order valence-corrected chi connectivity index (χ0v) is 25.2. The molecule has 204 valence electrons. The van der Waals surface area contributed by atoms with Crippen molar-refractivity contribution in [3.8, 4) is 119 Å². The Kier molecular flexibility index (Phi) is 11.4. The Labute approximate surface area is 256 Å². The Hall–Kier alpha value is -4.34. The van der Waals surface area contributed by atoms with E-state index in [1.54, 1.807) is 0 Å². The van der Waals surface area contributed by atoms with E-state index < -0.39 is 0 Å². The summed E-state index contributed by atoms with van der Waals surface area (Å²) in [5.41, 5.74) is 0. The van der Waals surface area contributed by atoms with E-state index in [0.29, 0.717) is 23.7 Å². The first-order valence-electron chi connectivity index (χ1n) is 15.5. The minimum absolute atomic E-state index is 0.449. The van der Waals surface area contributed by atoms with Gasteiger partial charge in [0.15, 0.2) is 0 Å². The first-order valence-corrected chi connectivity index (χ1v) is 15.5. The molecule has 42 heavy (non-hydrogen) atoms. The van der Waals surface area contributed by atoms with Crippen LogP contribution < -0.4 is 0 Å². The van der Waals surface area contributed by atoms with E-state index in [-0.39, 0.29) is 0 Å². The summed E-state index contributed by atoms with van der Waals surface area (Å²) < 4.78 is 0. The van der Waals surface area contributed by atoms with Crippen molar-refractivity contribution < 1.29 is 0 Å². The number of hydrogen-bond donors (Lipinski definition) is 0. The third-order valence-electron chi connectivity index (χ3n) is 10.5. The molecule has 0 radical (unpaired) electrons. The van der Waals surface area contributed by atoms with Crippen molar-refractivity contribution in [2.45, 2.75) is 83.7 Å². The van der Waals surface area contributed by atoms with E-state index in [4.69, 9.17) is 12.8 Å². The lowest BCUT2D eigenvalue weighted by Crippen LogP contribution is -2.37. The quantitative estimate of drug-likeness (QED) is 0.285. The number of rotatable bonds is 2. The summed E-state index contributed by atoms with van der Waals surface area (Å²) in [6.45, 7) is 8.36. The Morgan fingerprint density at radius 3 is 1.21 bits per heavy atom. The van der Waals surface area contributed by atoms with Crippen molar-refractivity contribution in [3.05, 3.63) is 0 Å². The summed E-state index contributed by atoms with van der Waals surface area (Å²) in [6, 6.07) is 0. The highest BCUT2D eigenvalue weighted by molar-refractivity contribution is 6.61. The van der Waals surface area contributed by atoms with Gasteiger partial charge in [0.05, 0.1) is 0 Å². The van der Waals surface area contributed by atoms with Gasteiger partial charge in [-0.3, -0.25) is 0 Å². The molecule has 0 spiro atoms. The van der Waals surface area contributed by atoms with Crippen LogP contribution in [-0.4, -0.2) is 6.71 Å². The largest absolute Gasteiger partial charge is 0.144 e. The maximum absolute atomic E-state index is 5.10. The number of hydrogen-bond acceptors (Lipinski definition) is 0. The van der Waals surface area contributed by atoms with E-state index in [0.717, 1.165) is 42.0 Å². The maximum atomic E-state index is 5.10. The van der Waals surface area contributed by atoms with Crippen LogP contribution in [0, 0.1) is 167 Å². The fraction of sp³-hybridized carbons (Fsp3) is 0.512. The molecular formula is C41H37B. The zero-order chi connectivity index (χ0) is 29.7. The molecule has 4 saturated carbocycles. The first kappa shape index (κ1) is 30.6. The topological polar surface area (TPSA) is 0 Å². The van der Waals surface area contributed by atoms with E-state index in [1.807, 2.05) is 0 Å². The molecule has 8 unspecified atom stereocenters. The highest BCUT2D eigenvalue weighted by atomic mass is 14.5. The van der Waals surface area contributed by atoms with Gasteiger partial charge in [-0.2, -0.15) is 0 Å². The summed E-state index contributed by atoms with van der Waals surface area (Å²) in [6.07, 6.45) is 20.4. The average molecular weight is 541 g/mol. The van der Waals surface area contributed by atoms with Crippen molar-refractivity contribution in [2.75, 3.05) is 0 Å². The Morgan fingerprint density at radius 1 is 0.476 bits per heavy atom. The monoisotopic (exact) mass is 540 g/mol. The predicted octanol–water partition coefficient (Wildman–Crippen LogP) is 6.29. The van der Waals surface area contributed by atoms with E-state index in [1.165, 1.54) is 51.4 Å². The second-order valence-electron chi connectivity index (χ2n) is 12.5. The summed E-state index contributed by atoms with van der Waals surface area (Å²) in [4.78, 5) is 0. The van der Waals surface area contributed by atoms with Crippen molar-refractivity contribution in [1.82, 2.24) is 0 Å². The highest BCUT2D eigenvalue weighted by Gasteiger charge is 2.54. The Bertz CT molecular complexity index is 1490. The molecule has 4 aliphatic rings. The second-order valence-corrected chi connectivity index (χ2v) is 12.5. The molecule has 0 saturated heterocycles. The molecule has 0 N–H and O–H groups in total. The third-order valence-corrected chi connectivity index (χ3v) is 10.5. The molecule has 0 amide bonds. The van der Waals surface area contributed by atoms with Gasteiger partial charge in [-0.05, 0) is 156 Å². The summed E-state index contributed by atoms with van der Waals surface area (Å²) in [5.74, 6) is 56.9. The molecule has 0 aromatic carbocycles. The zero-order valence-electron chi connectivity index (χ0n) is 25.2. The fourth-order valence-electron chi connectivity index (χ4n) is 9.32. The fourth-order valence-corrected chi connectivity index (χ4v) is 9.32. The van der Waals surface area contributed by atoms with Crippen LogP contribution in [0.2, 0.25) is 18.5 Å². The van der Waals surface area contributed by atoms with Gasteiger partial charge in [0.1, 0.15) is 6.71 Å². The summed E-state index contributed by atoms with van der Waals surface area (Å²) >= 11 is 0. The molecule has 4 rings (SSSR count). The lowest BCUT2D eigenvalue weighted by molar-refractivity contribution is 0.217. The van der Waals surface area contributed by atoms with Crippen LogP contribution in [-0.2, 0) is 0 Å². The predicted molar refractivity (Wildman–Crippen MR) is 175 cm³/mol. The van der Waals surface area contributed by atoms with Gasteiger partial charge in [0.2, 0.25) is 0 Å². The van der Waals surface area contributed by atoms with Crippen molar-refractivity contribution in [2.24, 2.45) is 47.3 Å². The molecule has 0 heterocycles. The SMILES string of the molecule is C#CC#CC#CC#CC#CC1CCCC2C1C[C@@H](C)C2B(C)C1C2CCCC(C#CC#CC#CC#CC#C)C2C[C@H]1C. The summed E-state index contributed by atoms with van der Waals surface area (Å²) in [7, 11) is 0. The van der Waals surface area contributed by atoms with Crippen LogP contribution in [0.1, 0.15) is 65.2 Å². The van der Waals surface area contributed by atoms with Crippen LogP contribution in [0.25, 0.3) is 0 Å². The van der Waals surface area contributed by atoms with Crippen LogP contribution in [0.5, 0.6) is 0 Å². The minimum Gasteiger partial charge on any atom is -0.106 e. The van der Waals surface area contributed by atoms with Crippen molar-refractivity contribution in [1.29, 1.82) is 0 Å². The molecule has 4 fully saturated rings. The highest BCUT2D eigenvalue weighted by Crippen LogP contribution is 2.62. The van der Waals surface area contributed by atoms with Gasteiger partial charge in [0, 0.05) is 11.8 Å². The van der Waals surface area contributed by atoms with Gasteiger partial charge in [-0.15, -0.1) is 12.8 Å². The Balaban J connectivity index is 1.44. The smallest absolute Gasteiger partial charge is 0.106 e. The van der Waals surface area contributed by atoms with Crippen LogP contribution >= 0.6 is 0 Å². The molecular weight excluding hydrogens is 503 g/mol. The molecule has 1 heteroatoms. The molecule has 0 bridgehead atoms. The van der Waals surface area contributed by atoms with Gasteiger partial charge >= 0.3 is 0 Å². The number of terminal acetylenes is 2. The van der Waals surface area contributed by atoms with Crippen LogP contribution in [0.4, 0.5) is 0 Å². The molecule has 0 aromatic heterocycles. The average Bonchev–Trinajstić information content (AvgIpc) is 3.51. The molecule has 4 aliphatic carbocycles. The maximum Gasteiger partial charge on any atom is 0.144 e. The second kappa shape index (κ2) is 15.6. The van der Waals surface area contributed by atoms with Crippen LogP contribution in [0.3, 0.4) is 0 Å². The van der Waals surface area contributed by atoms with Crippen molar-refractivity contribution in [3.63, 3.8) is 0 Å². The van der Waals surface area contributed by atoms with Gasteiger partial charge in [-0.1, -0.05) is 69.8 Å². The third kappa shape index (κ3) is 7.49. The molecule has 0 aliphatic heterocycles.